The average Bonchev–Trinajstić information content (AvgIpc) is 2.46. The number of carboxylic acid groups (broad SMARTS) is 1. The normalized spacial score (nSPS) is 12.1. The van der Waals surface area contributed by atoms with Crippen molar-refractivity contribution in [3.8, 4) is 5.88 Å². The first kappa shape index (κ1) is 20.7. The minimum Gasteiger partial charge on any atom is -0.481 e. The molecule has 0 aliphatic rings. The molecular weight excluding hydrogens is 348 g/mol. The van der Waals surface area contributed by atoms with Crippen LogP contribution in [0.5, 0.6) is 5.88 Å². The summed E-state index contributed by atoms with van der Waals surface area (Å²) in [7, 11) is -0.418. The molecule has 0 atom stereocenters. The Bertz CT molecular complexity index is 576. The quantitative estimate of drug-likeness (QED) is 0.570. The molecule has 1 rings (SSSR count). The van der Waals surface area contributed by atoms with Crippen LogP contribution in [-0.4, -0.2) is 49.7 Å². The molecule has 1 aromatic rings. The van der Waals surface area contributed by atoms with Crippen molar-refractivity contribution in [3.05, 3.63) is 22.8 Å². The number of nitrogens with zero attached hydrogens (tertiary/aromatic N) is 2. The molecule has 0 saturated heterocycles. The number of amides is 1. The van der Waals surface area contributed by atoms with Crippen LogP contribution in [0.15, 0.2) is 12.1 Å². The van der Waals surface area contributed by atoms with Crippen molar-refractivity contribution in [2.45, 2.75) is 45.4 Å². The number of methoxy groups -OCH3 is 1. The lowest BCUT2D eigenvalue weighted by molar-refractivity contribution is 0.129. The smallest absolute Gasteiger partial charge is 0.407 e. The van der Waals surface area contributed by atoms with E-state index in [0.717, 1.165) is 0 Å². The van der Waals surface area contributed by atoms with E-state index in [4.69, 9.17) is 20.8 Å². The summed E-state index contributed by atoms with van der Waals surface area (Å²) in [5, 5.41) is 9.83. The SMILES string of the molecule is COc1nc(Cl)ccc1CN(CCO[Si](C)(C)C(C)(C)C)C(=O)O. The molecule has 0 radical (unpaired) electrons. The predicted molar refractivity (Wildman–Crippen MR) is 97.4 cm³/mol. The molecule has 0 spiro atoms. The molecule has 6 nitrogen and oxygen atoms in total. The van der Waals surface area contributed by atoms with Gasteiger partial charge in [0.1, 0.15) is 5.15 Å². The van der Waals surface area contributed by atoms with Crippen molar-refractivity contribution >= 4 is 26.0 Å². The lowest BCUT2D eigenvalue weighted by atomic mass is 10.2. The summed E-state index contributed by atoms with van der Waals surface area (Å²) >= 11 is 5.83. The fraction of sp³-hybridized carbons (Fsp3) is 0.625. The van der Waals surface area contributed by atoms with Crippen LogP contribution >= 0.6 is 11.6 Å². The van der Waals surface area contributed by atoms with E-state index in [9.17, 15) is 9.90 Å². The van der Waals surface area contributed by atoms with Crippen molar-refractivity contribution in [1.29, 1.82) is 0 Å². The monoisotopic (exact) mass is 374 g/mol. The van der Waals surface area contributed by atoms with Gasteiger partial charge in [-0.15, -0.1) is 0 Å². The van der Waals surface area contributed by atoms with Crippen molar-refractivity contribution in [3.63, 3.8) is 0 Å². The molecule has 8 heteroatoms. The molecule has 1 N–H and O–H groups in total. The second kappa shape index (κ2) is 8.18. The molecule has 0 unspecified atom stereocenters. The fourth-order valence-corrected chi connectivity index (χ4v) is 2.99. The molecule has 1 heterocycles. The molecule has 0 aliphatic carbocycles. The van der Waals surface area contributed by atoms with Gasteiger partial charge in [0.05, 0.1) is 20.3 Å². The summed E-state index contributed by atoms with van der Waals surface area (Å²) in [6.07, 6.45) is -1.01. The van der Waals surface area contributed by atoms with Gasteiger partial charge in [-0.1, -0.05) is 32.4 Å². The van der Waals surface area contributed by atoms with Crippen LogP contribution in [0, 0.1) is 0 Å². The summed E-state index contributed by atoms with van der Waals surface area (Å²) in [4.78, 5) is 16.9. The first-order valence-corrected chi connectivity index (χ1v) is 11.1. The van der Waals surface area contributed by atoms with Crippen LogP contribution in [0.4, 0.5) is 4.79 Å². The standard InChI is InChI=1S/C16H27ClN2O4Si/c1-16(2,3)24(5,6)23-10-9-19(15(20)21)11-12-7-8-13(17)18-14(12)22-4/h7-8H,9-11H2,1-6H3,(H,20,21). The Morgan fingerprint density at radius 1 is 1.38 bits per heavy atom. The highest BCUT2D eigenvalue weighted by atomic mass is 35.5. The average molecular weight is 375 g/mol. The number of carbonyl (C=O) groups is 1. The highest BCUT2D eigenvalue weighted by Crippen LogP contribution is 2.36. The molecule has 0 aromatic carbocycles. The number of hydrogen-bond donors (Lipinski definition) is 1. The summed E-state index contributed by atoms with van der Waals surface area (Å²) in [5.41, 5.74) is 0.664. The van der Waals surface area contributed by atoms with Crippen LogP contribution in [0.1, 0.15) is 26.3 Å². The molecule has 24 heavy (non-hydrogen) atoms. The molecule has 0 aliphatic heterocycles. The van der Waals surface area contributed by atoms with Gasteiger partial charge in [-0.3, -0.25) is 0 Å². The maximum Gasteiger partial charge on any atom is 0.407 e. The van der Waals surface area contributed by atoms with Gasteiger partial charge in [0.15, 0.2) is 8.32 Å². The van der Waals surface area contributed by atoms with Crippen LogP contribution in [0.2, 0.25) is 23.3 Å². The zero-order valence-electron chi connectivity index (χ0n) is 15.2. The first-order chi connectivity index (χ1) is 11.0. The number of pyridine rings is 1. The van der Waals surface area contributed by atoms with Crippen molar-refractivity contribution in [2.24, 2.45) is 0 Å². The number of hydrogen-bond acceptors (Lipinski definition) is 4. The van der Waals surface area contributed by atoms with E-state index in [-0.39, 0.29) is 18.1 Å². The first-order valence-electron chi connectivity index (χ1n) is 7.79. The number of ether oxygens (including phenoxy) is 1. The zero-order chi connectivity index (χ0) is 18.5. The third-order valence-electron chi connectivity index (χ3n) is 4.36. The van der Waals surface area contributed by atoms with Gasteiger partial charge in [-0.2, -0.15) is 0 Å². The van der Waals surface area contributed by atoms with E-state index in [1.165, 1.54) is 12.0 Å². The van der Waals surface area contributed by atoms with Crippen LogP contribution in [-0.2, 0) is 11.0 Å². The second-order valence-corrected chi connectivity index (χ2v) is 12.3. The maximum atomic E-state index is 11.5. The van der Waals surface area contributed by atoms with Crippen LogP contribution in [0.3, 0.4) is 0 Å². The lowest BCUT2D eigenvalue weighted by Gasteiger charge is -2.36. The third kappa shape index (κ3) is 5.65. The molecule has 0 bridgehead atoms. The summed E-state index contributed by atoms with van der Waals surface area (Å²) in [5.74, 6) is 0.332. The van der Waals surface area contributed by atoms with E-state index in [2.05, 4.69) is 38.8 Å². The van der Waals surface area contributed by atoms with E-state index < -0.39 is 14.4 Å². The molecule has 1 aromatic heterocycles. The Labute approximate surface area is 149 Å². The summed E-state index contributed by atoms with van der Waals surface area (Å²) in [6, 6.07) is 3.34. The number of rotatable bonds is 7. The zero-order valence-corrected chi connectivity index (χ0v) is 17.0. The Balaban J connectivity index is 2.74. The number of halogens is 1. The highest BCUT2D eigenvalue weighted by Gasteiger charge is 2.37. The molecular formula is C16H27ClN2O4Si. The fourth-order valence-electron chi connectivity index (χ4n) is 1.82. The van der Waals surface area contributed by atoms with Crippen LogP contribution in [0.25, 0.3) is 0 Å². The topological polar surface area (TPSA) is 71.9 Å². The van der Waals surface area contributed by atoms with Gasteiger partial charge in [-0.05, 0) is 30.3 Å². The number of aromatic nitrogens is 1. The molecule has 0 saturated carbocycles. The minimum atomic E-state index is -1.90. The van der Waals surface area contributed by atoms with Gasteiger partial charge in [0.2, 0.25) is 5.88 Å². The minimum absolute atomic E-state index is 0.0877. The summed E-state index contributed by atoms with van der Waals surface area (Å²) in [6.45, 7) is 11.6. The van der Waals surface area contributed by atoms with Crippen molar-refractivity contribution in [1.82, 2.24) is 9.88 Å². The van der Waals surface area contributed by atoms with Gasteiger partial charge >= 0.3 is 6.09 Å². The summed E-state index contributed by atoms with van der Waals surface area (Å²) < 4.78 is 11.2. The highest BCUT2D eigenvalue weighted by molar-refractivity contribution is 6.74. The third-order valence-corrected chi connectivity index (χ3v) is 9.11. The second-order valence-electron chi connectivity index (χ2n) is 7.12. The Morgan fingerprint density at radius 2 is 2.00 bits per heavy atom. The van der Waals surface area contributed by atoms with Gasteiger partial charge < -0.3 is 19.2 Å². The Morgan fingerprint density at radius 3 is 2.50 bits per heavy atom. The van der Waals surface area contributed by atoms with E-state index >= 15 is 0 Å². The van der Waals surface area contributed by atoms with Gasteiger partial charge in [0, 0.05) is 12.1 Å². The van der Waals surface area contributed by atoms with Gasteiger partial charge in [0.25, 0.3) is 0 Å². The Hall–Kier alpha value is -1.31. The van der Waals surface area contributed by atoms with Crippen molar-refractivity contribution < 1.29 is 19.1 Å². The maximum absolute atomic E-state index is 11.5. The molecule has 136 valence electrons. The van der Waals surface area contributed by atoms with E-state index in [0.29, 0.717) is 23.2 Å². The van der Waals surface area contributed by atoms with Crippen LogP contribution < -0.4 is 4.74 Å². The molecule has 1 amide bonds. The van der Waals surface area contributed by atoms with Gasteiger partial charge in [-0.25, -0.2) is 9.78 Å². The predicted octanol–water partition coefficient (Wildman–Crippen LogP) is 4.25. The Kier molecular flexibility index (Phi) is 7.06. The van der Waals surface area contributed by atoms with Crippen molar-refractivity contribution in [2.75, 3.05) is 20.3 Å². The van der Waals surface area contributed by atoms with E-state index in [1.807, 2.05) is 0 Å². The largest absolute Gasteiger partial charge is 0.481 e. The lowest BCUT2D eigenvalue weighted by Crippen LogP contribution is -2.43. The van der Waals surface area contributed by atoms with E-state index in [1.54, 1.807) is 12.1 Å². The molecule has 0 fully saturated rings.